The summed E-state index contributed by atoms with van der Waals surface area (Å²) in [7, 11) is 1.56. The number of aliphatic hydroxyl groups excluding tert-OH is 1. The van der Waals surface area contributed by atoms with Crippen molar-refractivity contribution in [3.05, 3.63) is 34.6 Å². The van der Waals surface area contributed by atoms with E-state index in [1.165, 1.54) is 18.2 Å². The molecule has 1 aromatic carbocycles. The van der Waals surface area contributed by atoms with Gasteiger partial charge in [-0.3, -0.25) is 0 Å². The second kappa shape index (κ2) is 6.00. The van der Waals surface area contributed by atoms with Gasteiger partial charge in [0.05, 0.1) is 12.2 Å². The summed E-state index contributed by atoms with van der Waals surface area (Å²) in [4.78, 5) is 0. The van der Waals surface area contributed by atoms with Gasteiger partial charge >= 0.3 is 0 Å². The molecule has 0 amide bonds. The molecule has 1 aromatic rings. The molecule has 1 rings (SSSR count). The lowest BCUT2D eigenvalue weighted by Crippen LogP contribution is -2.40. The third-order valence-corrected chi connectivity index (χ3v) is 3.26. The van der Waals surface area contributed by atoms with Crippen LogP contribution in [0.3, 0.4) is 0 Å². The fraction of sp³-hybridized carbons (Fsp3) is 0.571. The summed E-state index contributed by atoms with van der Waals surface area (Å²) in [5.41, 5.74) is 0.393. The van der Waals surface area contributed by atoms with E-state index in [0.717, 1.165) is 0 Å². The maximum Gasteiger partial charge on any atom is 0.123 e. The van der Waals surface area contributed by atoms with E-state index in [1.807, 2.05) is 20.8 Å². The fourth-order valence-corrected chi connectivity index (χ4v) is 2.31. The van der Waals surface area contributed by atoms with Crippen LogP contribution in [0.2, 0.25) is 5.02 Å². The summed E-state index contributed by atoms with van der Waals surface area (Å²) in [5.74, 6) is -0.355. The number of methoxy groups -OCH3 is 1. The van der Waals surface area contributed by atoms with E-state index in [9.17, 15) is 9.50 Å². The van der Waals surface area contributed by atoms with Gasteiger partial charge < -0.3 is 9.84 Å². The van der Waals surface area contributed by atoms with E-state index in [0.29, 0.717) is 10.6 Å². The Morgan fingerprint density at radius 2 is 2.00 bits per heavy atom. The van der Waals surface area contributed by atoms with E-state index in [1.54, 1.807) is 7.11 Å². The molecular weight excluding hydrogens is 255 g/mol. The van der Waals surface area contributed by atoms with Gasteiger partial charge in [-0.15, -0.1) is 0 Å². The second-order valence-electron chi connectivity index (χ2n) is 5.53. The van der Waals surface area contributed by atoms with Crippen LogP contribution in [0, 0.1) is 11.2 Å². The second-order valence-corrected chi connectivity index (χ2v) is 5.94. The maximum absolute atomic E-state index is 13.1. The van der Waals surface area contributed by atoms with E-state index >= 15 is 0 Å². The van der Waals surface area contributed by atoms with Crippen LogP contribution in [-0.4, -0.2) is 24.4 Å². The van der Waals surface area contributed by atoms with Crippen molar-refractivity contribution in [3.8, 4) is 0 Å². The van der Waals surface area contributed by atoms with Gasteiger partial charge in [-0.05, 0) is 29.2 Å². The normalized spacial score (nSPS) is 15.5. The van der Waals surface area contributed by atoms with Crippen molar-refractivity contribution in [2.24, 2.45) is 5.41 Å². The van der Waals surface area contributed by atoms with Gasteiger partial charge in [0.1, 0.15) is 5.82 Å². The zero-order chi connectivity index (χ0) is 13.9. The van der Waals surface area contributed by atoms with Crippen molar-refractivity contribution >= 4 is 11.6 Å². The number of halogens is 2. The van der Waals surface area contributed by atoms with Gasteiger partial charge in [-0.25, -0.2) is 4.39 Å². The van der Waals surface area contributed by atoms with Crippen LogP contribution in [0.1, 0.15) is 26.3 Å². The van der Waals surface area contributed by atoms with Gasteiger partial charge in [0.2, 0.25) is 0 Å². The molecule has 0 heterocycles. The first-order chi connectivity index (χ1) is 8.25. The van der Waals surface area contributed by atoms with Crippen molar-refractivity contribution in [1.82, 2.24) is 0 Å². The minimum Gasteiger partial charge on any atom is -0.390 e. The highest BCUT2D eigenvalue weighted by atomic mass is 35.5. The van der Waals surface area contributed by atoms with Crippen molar-refractivity contribution in [3.63, 3.8) is 0 Å². The Kier molecular flexibility index (Phi) is 5.14. The van der Waals surface area contributed by atoms with Gasteiger partial charge in [0, 0.05) is 18.6 Å². The molecule has 0 aromatic heterocycles. The molecule has 0 aliphatic rings. The van der Waals surface area contributed by atoms with E-state index in [4.69, 9.17) is 16.3 Å². The minimum absolute atomic E-state index is 0.200. The lowest BCUT2D eigenvalue weighted by Gasteiger charge is -2.33. The molecule has 102 valence electrons. The first-order valence-electron chi connectivity index (χ1n) is 5.90. The number of hydrogen-bond donors (Lipinski definition) is 1. The molecule has 0 fully saturated rings. The lowest BCUT2D eigenvalue weighted by molar-refractivity contribution is -0.0699. The van der Waals surface area contributed by atoms with Crippen LogP contribution in [0.25, 0.3) is 0 Å². The molecule has 0 spiro atoms. The van der Waals surface area contributed by atoms with Crippen molar-refractivity contribution < 1.29 is 14.2 Å². The summed E-state index contributed by atoms with van der Waals surface area (Å²) in [6.45, 7) is 5.95. The minimum atomic E-state index is -0.728. The molecule has 18 heavy (non-hydrogen) atoms. The molecule has 0 saturated heterocycles. The van der Waals surface area contributed by atoms with Gasteiger partial charge in [-0.2, -0.15) is 0 Å². The number of ether oxygens (including phenoxy) is 1. The molecule has 0 radical (unpaired) electrons. The number of rotatable bonds is 4. The monoisotopic (exact) mass is 274 g/mol. The predicted octanol–water partition coefficient (Wildman–Crippen LogP) is 3.44. The molecule has 0 saturated carbocycles. The molecule has 0 aliphatic carbocycles. The third kappa shape index (κ3) is 3.94. The fourth-order valence-electron chi connectivity index (χ4n) is 2.12. The van der Waals surface area contributed by atoms with Gasteiger partial charge in [-0.1, -0.05) is 32.4 Å². The van der Waals surface area contributed by atoms with Gasteiger partial charge in [0.25, 0.3) is 0 Å². The van der Waals surface area contributed by atoms with Crippen molar-refractivity contribution in [2.45, 2.75) is 39.4 Å². The van der Waals surface area contributed by atoms with Crippen LogP contribution < -0.4 is 0 Å². The zero-order valence-corrected chi connectivity index (χ0v) is 12.0. The van der Waals surface area contributed by atoms with E-state index in [-0.39, 0.29) is 23.8 Å². The summed E-state index contributed by atoms with van der Waals surface area (Å²) in [6.07, 6.45) is -0.794. The predicted molar refractivity (Wildman–Crippen MR) is 71.4 cm³/mol. The largest absolute Gasteiger partial charge is 0.390 e. The van der Waals surface area contributed by atoms with Crippen LogP contribution in [0.5, 0.6) is 0 Å². The smallest absolute Gasteiger partial charge is 0.123 e. The Bertz CT molecular complexity index is 401. The van der Waals surface area contributed by atoms with Crippen molar-refractivity contribution in [1.29, 1.82) is 0 Å². The summed E-state index contributed by atoms with van der Waals surface area (Å²) in [5, 5.41) is 10.7. The summed E-state index contributed by atoms with van der Waals surface area (Å²) < 4.78 is 18.5. The van der Waals surface area contributed by atoms with Crippen LogP contribution in [-0.2, 0) is 11.2 Å². The molecule has 0 aliphatic heterocycles. The molecule has 4 heteroatoms. The van der Waals surface area contributed by atoms with Crippen LogP contribution >= 0.6 is 11.6 Å². The number of benzene rings is 1. The zero-order valence-electron chi connectivity index (χ0n) is 11.2. The van der Waals surface area contributed by atoms with E-state index < -0.39 is 6.10 Å². The highest BCUT2D eigenvalue weighted by Crippen LogP contribution is 2.27. The summed E-state index contributed by atoms with van der Waals surface area (Å²) >= 11 is 5.98. The Labute approximate surface area is 113 Å². The number of hydrogen-bond acceptors (Lipinski definition) is 2. The quantitative estimate of drug-likeness (QED) is 0.911. The van der Waals surface area contributed by atoms with Crippen molar-refractivity contribution in [2.75, 3.05) is 7.11 Å². The third-order valence-electron chi connectivity index (χ3n) is 2.89. The molecule has 1 N–H and O–H groups in total. The lowest BCUT2D eigenvalue weighted by atomic mass is 9.84. The Morgan fingerprint density at radius 3 is 2.50 bits per heavy atom. The topological polar surface area (TPSA) is 29.5 Å². The van der Waals surface area contributed by atoms with Gasteiger partial charge in [0.15, 0.2) is 0 Å². The average Bonchev–Trinajstić information content (AvgIpc) is 2.22. The Hall–Kier alpha value is -0.640. The standard InChI is InChI=1S/C14H20ClFO2/c1-14(2,3)13(18-4)12(17)8-9-7-10(16)5-6-11(9)15/h5-7,12-13,17H,8H2,1-4H3. The maximum atomic E-state index is 13.1. The van der Waals surface area contributed by atoms with Crippen LogP contribution in [0.15, 0.2) is 18.2 Å². The molecule has 2 atom stereocenters. The highest BCUT2D eigenvalue weighted by molar-refractivity contribution is 6.31. The van der Waals surface area contributed by atoms with E-state index in [2.05, 4.69) is 0 Å². The highest BCUT2D eigenvalue weighted by Gasteiger charge is 2.31. The molecular formula is C14H20ClFO2. The molecule has 2 unspecified atom stereocenters. The average molecular weight is 275 g/mol. The Morgan fingerprint density at radius 1 is 1.39 bits per heavy atom. The first-order valence-corrected chi connectivity index (χ1v) is 6.28. The first kappa shape index (κ1) is 15.4. The molecule has 2 nitrogen and oxygen atoms in total. The Balaban J connectivity index is 2.86. The van der Waals surface area contributed by atoms with Crippen LogP contribution in [0.4, 0.5) is 4.39 Å². The summed E-state index contributed by atoms with van der Waals surface area (Å²) in [6, 6.07) is 4.15. The molecule has 0 bridgehead atoms. The number of aliphatic hydroxyl groups is 1. The SMILES string of the molecule is COC(C(O)Cc1cc(F)ccc1Cl)C(C)(C)C.